The third-order valence-electron chi connectivity index (χ3n) is 7.26. The van der Waals surface area contributed by atoms with Gasteiger partial charge in [0, 0.05) is 38.3 Å². The summed E-state index contributed by atoms with van der Waals surface area (Å²) >= 11 is 6.27. The number of phenolic OH excluding ortho intramolecular Hbond substituents is 2. The number of amides is 5. The molecule has 2 aromatic carbocycles. The standard InChI is InChI=1S/C27H32BClN6O10/c1-2-30-27(43)31-8-9-34-10-11-35(25(40)24(34)39)13-32-20(15-6-7-17(36)21(37)19(15)29)23(38)33-18-12-14-4-3-5-16(26(41)42)22(14)45-28(18)44/h3-7,18,20,32,36-37,44H,2,8-13H2,1H3,(H,33,38)(H,41,42)(H2,30,31,43)/t18-,20?/m0/s1. The Morgan fingerprint density at radius 3 is 2.51 bits per heavy atom. The van der Waals surface area contributed by atoms with Crippen LogP contribution in [0.3, 0.4) is 0 Å². The van der Waals surface area contributed by atoms with Crippen molar-refractivity contribution in [2.45, 2.75) is 25.3 Å². The number of aromatic carboxylic acids is 1. The summed E-state index contributed by atoms with van der Waals surface area (Å²) in [7, 11) is -1.62. The normalized spacial score (nSPS) is 16.9. The van der Waals surface area contributed by atoms with Gasteiger partial charge in [0.05, 0.1) is 23.2 Å². The van der Waals surface area contributed by atoms with E-state index in [1.807, 2.05) is 0 Å². The van der Waals surface area contributed by atoms with Gasteiger partial charge in [-0.3, -0.25) is 19.7 Å². The number of rotatable bonds is 11. The maximum absolute atomic E-state index is 13.6. The highest BCUT2D eigenvalue weighted by molar-refractivity contribution is 6.47. The number of nitrogens with one attached hydrogen (secondary N) is 4. The Labute approximate surface area is 262 Å². The number of carbonyl (C=O) groups is 5. The quantitative estimate of drug-likeness (QED) is 0.0853. The second-order valence-electron chi connectivity index (χ2n) is 10.2. The molecular formula is C27H32BClN6O10. The average molecular weight is 647 g/mol. The summed E-state index contributed by atoms with van der Waals surface area (Å²) in [6, 6.07) is 5.04. The Balaban J connectivity index is 1.47. The van der Waals surface area contributed by atoms with Gasteiger partial charge >= 0.3 is 30.9 Å². The first-order valence-electron chi connectivity index (χ1n) is 14.0. The molecule has 4 rings (SSSR count). The van der Waals surface area contributed by atoms with Gasteiger partial charge in [0.2, 0.25) is 5.91 Å². The van der Waals surface area contributed by atoms with Crippen LogP contribution in [0.5, 0.6) is 17.2 Å². The fourth-order valence-corrected chi connectivity index (χ4v) is 5.20. The number of carboxylic acids is 1. The highest BCUT2D eigenvalue weighted by Crippen LogP contribution is 2.38. The molecule has 1 saturated heterocycles. The number of fused-ring (bicyclic) bond motifs is 1. The highest BCUT2D eigenvalue weighted by atomic mass is 35.5. The number of para-hydroxylation sites is 1. The van der Waals surface area contributed by atoms with E-state index >= 15 is 0 Å². The number of nitrogens with zero attached hydrogens (tertiary/aromatic N) is 2. The lowest BCUT2D eigenvalue weighted by atomic mass is 9.72. The first-order chi connectivity index (χ1) is 21.4. The molecule has 0 aromatic heterocycles. The molecule has 0 radical (unpaired) electrons. The lowest BCUT2D eigenvalue weighted by Crippen LogP contribution is -2.59. The van der Waals surface area contributed by atoms with E-state index in [1.54, 1.807) is 13.0 Å². The Hall–Kier alpha value is -4.74. The van der Waals surface area contributed by atoms with Gasteiger partial charge in [0.25, 0.3) is 0 Å². The molecule has 1 fully saturated rings. The van der Waals surface area contributed by atoms with Crippen molar-refractivity contribution in [1.82, 2.24) is 31.1 Å². The highest BCUT2D eigenvalue weighted by Gasteiger charge is 2.40. The Kier molecular flexibility index (Phi) is 10.6. The summed E-state index contributed by atoms with van der Waals surface area (Å²) < 4.78 is 5.44. The number of urea groups is 1. The van der Waals surface area contributed by atoms with Gasteiger partial charge in [-0.2, -0.15) is 0 Å². The minimum atomic E-state index is -1.62. The first-order valence-corrected chi connectivity index (χ1v) is 14.3. The van der Waals surface area contributed by atoms with Crippen LogP contribution >= 0.6 is 11.6 Å². The van der Waals surface area contributed by atoms with E-state index in [1.165, 1.54) is 28.0 Å². The van der Waals surface area contributed by atoms with E-state index in [0.29, 0.717) is 12.1 Å². The molecular weight excluding hydrogens is 615 g/mol. The van der Waals surface area contributed by atoms with E-state index < -0.39 is 60.3 Å². The number of phenols is 2. The van der Waals surface area contributed by atoms with Crippen molar-refractivity contribution in [3.63, 3.8) is 0 Å². The number of halogens is 1. The number of piperazine rings is 1. The topological polar surface area (TPSA) is 230 Å². The van der Waals surface area contributed by atoms with Crippen molar-refractivity contribution in [3.8, 4) is 17.2 Å². The SMILES string of the molecule is CCNC(=O)NCCN1CCN(CNC(C(=O)N[C@H]2Cc3cccc(C(=O)O)c3OB2O)c2ccc(O)c(O)c2Cl)C(=O)C1=O. The zero-order valence-electron chi connectivity index (χ0n) is 24.1. The number of hydrogen-bond acceptors (Lipinski definition) is 10. The maximum Gasteiger partial charge on any atom is 0.547 e. The second-order valence-corrected chi connectivity index (χ2v) is 10.6. The van der Waals surface area contributed by atoms with Gasteiger partial charge in [-0.25, -0.2) is 9.59 Å². The van der Waals surface area contributed by atoms with Crippen molar-refractivity contribution in [2.75, 3.05) is 39.4 Å². The van der Waals surface area contributed by atoms with Crippen molar-refractivity contribution in [2.24, 2.45) is 0 Å². The fraction of sp³-hybridized carbons (Fsp3) is 0.370. The summed E-state index contributed by atoms with van der Waals surface area (Å²) in [6.45, 7) is 2.38. The molecule has 18 heteroatoms. The molecule has 1 unspecified atom stereocenters. The summed E-state index contributed by atoms with van der Waals surface area (Å²) in [5.41, 5.74) is 0.288. The largest absolute Gasteiger partial charge is 0.547 e. The molecule has 2 aliphatic rings. The average Bonchev–Trinajstić information content (AvgIpc) is 3.00. The van der Waals surface area contributed by atoms with Crippen LogP contribution in [0.2, 0.25) is 5.02 Å². The molecule has 0 bridgehead atoms. The van der Waals surface area contributed by atoms with Crippen LogP contribution in [-0.2, 0) is 20.8 Å². The predicted molar refractivity (Wildman–Crippen MR) is 159 cm³/mol. The van der Waals surface area contributed by atoms with Crippen LogP contribution in [0.15, 0.2) is 30.3 Å². The predicted octanol–water partition coefficient (Wildman–Crippen LogP) is -0.833. The zero-order chi connectivity index (χ0) is 32.8. The number of benzene rings is 2. The van der Waals surface area contributed by atoms with Crippen LogP contribution in [0.1, 0.15) is 34.5 Å². The lowest BCUT2D eigenvalue weighted by Gasteiger charge is -2.35. The molecule has 45 heavy (non-hydrogen) atoms. The van der Waals surface area contributed by atoms with E-state index in [0.717, 1.165) is 6.07 Å². The third-order valence-corrected chi connectivity index (χ3v) is 7.66. The van der Waals surface area contributed by atoms with Crippen LogP contribution in [0, 0.1) is 0 Å². The molecule has 2 aliphatic heterocycles. The van der Waals surface area contributed by atoms with E-state index in [2.05, 4.69) is 21.3 Å². The smallest absolute Gasteiger partial charge is 0.534 e. The molecule has 0 aliphatic carbocycles. The third kappa shape index (κ3) is 7.50. The fourth-order valence-electron chi connectivity index (χ4n) is 4.93. The number of aromatic hydroxyl groups is 2. The van der Waals surface area contributed by atoms with Crippen molar-refractivity contribution in [3.05, 3.63) is 52.0 Å². The van der Waals surface area contributed by atoms with E-state index in [9.17, 15) is 44.3 Å². The zero-order valence-corrected chi connectivity index (χ0v) is 24.8. The maximum atomic E-state index is 13.6. The minimum absolute atomic E-state index is 0.00848. The molecule has 240 valence electrons. The van der Waals surface area contributed by atoms with Crippen LogP contribution in [0.25, 0.3) is 0 Å². The summed E-state index contributed by atoms with van der Waals surface area (Å²) in [5.74, 6) is -5.97. The first kappa shape index (κ1) is 33.2. The molecule has 16 nitrogen and oxygen atoms in total. The Bertz CT molecular complexity index is 1500. The minimum Gasteiger partial charge on any atom is -0.534 e. The monoisotopic (exact) mass is 646 g/mol. The van der Waals surface area contributed by atoms with Crippen LogP contribution < -0.4 is 25.9 Å². The molecule has 0 saturated carbocycles. The van der Waals surface area contributed by atoms with Gasteiger partial charge in [-0.1, -0.05) is 29.8 Å². The summed E-state index contributed by atoms with van der Waals surface area (Å²) in [5, 5.41) is 50.4. The summed E-state index contributed by atoms with van der Waals surface area (Å²) in [6.07, 6.45) is 0.00848. The molecule has 2 atom stereocenters. The van der Waals surface area contributed by atoms with Crippen LogP contribution in [-0.4, -0.2) is 112 Å². The van der Waals surface area contributed by atoms with Gasteiger partial charge < -0.3 is 50.7 Å². The second kappa shape index (κ2) is 14.4. The van der Waals surface area contributed by atoms with Crippen molar-refractivity contribution < 1.29 is 49.0 Å². The Morgan fingerprint density at radius 2 is 1.80 bits per heavy atom. The Morgan fingerprint density at radius 1 is 1.09 bits per heavy atom. The van der Waals surface area contributed by atoms with Crippen LogP contribution in [0.4, 0.5) is 4.79 Å². The molecule has 2 aromatic rings. The molecule has 0 spiro atoms. The van der Waals surface area contributed by atoms with E-state index in [4.69, 9.17) is 16.3 Å². The van der Waals surface area contributed by atoms with Gasteiger partial charge in [0.15, 0.2) is 11.5 Å². The number of hydrogen-bond donors (Lipinski definition) is 8. The summed E-state index contributed by atoms with van der Waals surface area (Å²) in [4.78, 5) is 64.8. The molecule has 5 amide bonds. The van der Waals surface area contributed by atoms with Gasteiger partial charge in [0.1, 0.15) is 11.8 Å². The van der Waals surface area contributed by atoms with E-state index in [-0.39, 0.29) is 61.2 Å². The van der Waals surface area contributed by atoms with Gasteiger partial charge in [-0.05, 0) is 31.0 Å². The number of carbonyl (C=O) groups excluding carboxylic acids is 4. The lowest BCUT2D eigenvalue weighted by molar-refractivity contribution is -0.156. The molecule has 2 heterocycles. The van der Waals surface area contributed by atoms with Crippen molar-refractivity contribution in [1.29, 1.82) is 0 Å². The van der Waals surface area contributed by atoms with Crippen molar-refractivity contribution >= 4 is 48.4 Å². The molecule has 8 N–H and O–H groups in total. The number of carboxylic acid groups (broad SMARTS) is 1. The van der Waals surface area contributed by atoms with Gasteiger partial charge in [-0.15, -0.1) is 0 Å².